The number of hydrogen-bond donors (Lipinski definition) is 0. The molecule has 2 aliphatic heterocycles. The van der Waals surface area contributed by atoms with Crippen molar-refractivity contribution in [1.29, 1.82) is 0 Å². The number of benzene rings is 1. The molecule has 2 fully saturated rings. The predicted molar refractivity (Wildman–Crippen MR) is 120 cm³/mol. The van der Waals surface area contributed by atoms with Crippen molar-refractivity contribution < 1.29 is 14.4 Å². The number of piperidine rings is 1. The Bertz CT molecular complexity index is 1050. The van der Waals surface area contributed by atoms with Gasteiger partial charge in [0.2, 0.25) is 5.91 Å². The zero-order valence-electron chi connectivity index (χ0n) is 17.0. The number of hydrogen-bond acceptors (Lipinski definition) is 4. The molecule has 3 amide bonds. The maximum Gasteiger partial charge on any atom is 0.293 e. The maximum absolute atomic E-state index is 12.9. The Labute approximate surface area is 180 Å². The van der Waals surface area contributed by atoms with E-state index in [0.29, 0.717) is 10.8 Å². The molecule has 0 N–H and O–H groups in total. The number of imide groups is 1. The van der Waals surface area contributed by atoms with Gasteiger partial charge >= 0.3 is 0 Å². The van der Waals surface area contributed by atoms with Gasteiger partial charge in [0, 0.05) is 42.3 Å². The lowest BCUT2D eigenvalue weighted by Gasteiger charge is -2.30. The molecular weight excluding hydrogens is 398 g/mol. The van der Waals surface area contributed by atoms with Crippen LogP contribution < -0.4 is 0 Å². The second-order valence-electron chi connectivity index (χ2n) is 7.87. The van der Waals surface area contributed by atoms with Crippen molar-refractivity contribution >= 4 is 45.8 Å². The van der Waals surface area contributed by atoms with Crippen LogP contribution >= 0.6 is 11.8 Å². The topological polar surface area (TPSA) is 62.6 Å². The van der Waals surface area contributed by atoms with E-state index < -0.39 is 0 Å². The summed E-state index contributed by atoms with van der Waals surface area (Å²) >= 11 is 0.938. The van der Waals surface area contributed by atoms with Crippen molar-refractivity contribution in [2.24, 2.45) is 5.92 Å². The molecule has 2 saturated heterocycles. The number of rotatable bonds is 5. The fourth-order valence-corrected chi connectivity index (χ4v) is 4.79. The van der Waals surface area contributed by atoms with E-state index in [4.69, 9.17) is 0 Å². The first-order valence-electron chi connectivity index (χ1n) is 10.2. The molecule has 0 radical (unpaired) electrons. The van der Waals surface area contributed by atoms with E-state index in [1.807, 2.05) is 39.9 Å². The second kappa shape index (κ2) is 8.52. The van der Waals surface area contributed by atoms with E-state index in [1.165, 1.54) is 11.0 Å². The third-order valence-electron chi connectivity index (χ3n) is 5.73. The van der Waals surface area contributed by atoms with Crippen LogP contribution in [0.1, 0.15) is 25.3 Å². The molecule has 0 aliphatic carbocycles. The standard InChI is InChI=1S/C23H25N3O3S/c1-3-10-26-22(28)20(30-23(26)29)13-17-14-25(19-7-5-4-6-18(17)19)15-21(27)24-11-8-16(2)9-12-24/h3-7,13-14,16H,1,8-12,15H2,2H3/b20-13-. The molecule has 0 unspecified atom stereocenters. The third-order valence-corrected chi connectivity index (χ3v) is 6.64. The number of para-hydroxylation sites is 1. The fraction of sp³-hybridized carbons (Fsp3) is 0.348. The molecule has 0 saturated carbocycles. The number of carbonyl (C=O) groups is 3. The van der Waals surface area contributed by atoms with Crippen LogP contribution in [0.2, 0.25) is 0 Å². The molecule has 0 atom stereocenters. The molecular formula is C23H25N3O3S. The Morgan fingerprint density at radius 3 is 2.70 bits per heavy atom. The number of likely N-dealkylation sites (tertiary alicyclic amines) is 1. The van der Waals surface area contributed by atoms with Crippen LogP contribution in [0.15, 0.2) is 48.0 Å². The first-order chi connectivity index (χ1) is 14.5. The molecule has 30 heavy (non-hydrogen) atoms. The molecule has 0 bridgehead atoms. The van der Waals surface area contributed by atoms with Gasteiger partial charge in [-0.2, -0.15) is 0 Å². The quantitative estimate of drug-likeness (QED) is 0.536. The van der Waals surface area contributed by atoms with Crippen LogP contribution in [0.25, 0.3) is 17.0 Å². The van der Waals surface area contributed by atoms with Crippen molar-refractivity contribution in [2.75, 3.05) is 19.6 Å². The lowest BCUT2D eigenvalue weighted by molar-refractivity contribution is -0.133. The van der Waals surface area contributed by atoms with Crippen LogP contribution in [0.5, 0.6) is 0 Å². The summed E-state index contributed by atoms with van der Waals surface area (Å²) in [5.41, 5.74) is 1.77. The highest BCUT2D eigenvalue weighted by Crippen LogP contribution is 2.34. The lowest BCUT2D eigenvalue weighted by atomic mass is 9.99. The molecule has 2 aliphatic rings. The number of carbonyl (C=O) groups excluding carboxylic acids is 3. The monoisotopic (exact) mass is 423 g/mol. The molecule has 7 heteroatoms. The molecule has 156 valence electrons. The Morgan fingerprint density at radius 1 is 1.23 bits per heavy atom. The summed E-state index contributed by atoms with van der Waals surface area (Å²) in [7, 11) is 0. The Hall–Kier alpha value is -2.80. The Morgan fingerprint density at radius 2 is 1.97 bits per heavy atom. The normalized spacial score (nSPS) is 19.3. The van der Waals surface area contributed by atoms with E-state index in [9.17, 15) is 14.4 Å². The van der Waals surface area contributed by atoms with Crippen LogP contribution in [0.3, 0.4) is 0 Å². The summed E-state index contributed by atoms with van der Waals surface area (Å²) in [5.74, 6) is 0.477. The van der Waals surface area contributed by atoms with Gasteiger partial charge in [-0.1, -0.05) is 31.2 Å². The van der Waals surface area contributed by atoms with E-state index in [-0.39, 0.29) is 30.1 Å². The van der Waals surface area contributed by atoms with Crippen LogP contribution in [0.4, 0.5) is 4.79 Å². The molecule has 0 spiro atoms. The third kappa shape index (κ3) is 3.94. The van der Waals surface area contributed by atoms with E-state index in [2.05, 4.69) is 13.5 Å². The minimum Gasteiger partial charge on any atom is -0.341 e. The molecule has 6 nitrogen and oxygen atoms in total. The number of nitrogens with zero attached hydrogens (tertiary/aromatic N) is 3. The average Bonchev–Trinajstić information content (AvgIpc) is 3.21. The van der Waals surface area contributed by atoms with Gasteiger partial charge in [0.15, 0.2) is 0 Å². The van der Waals surface area contributed by atoms with Crippen LogP contribution in [0, 0.1) is 5.92 Å². The summed E-state index contributed by atoms with van der Waals surface area (Å²) in [6.45, 7) is 7.91. The fourth-order valence-electron chi connectivity index (χ4n) is 3.95. The largest absolute Gasteiger partial charge is 0.341 e. The van der Waals surface area contributed by atoms with Crippen molar-refractivity contribution in [3.8, 4) is 0 Å². The van der Waals surface area contributed by atoms with Gasteiger partial charge in [-0.3, -0.25) is 19.3 Å². The van der Waals surface area contributed by atoms with Gasteiger partial charge < -0.3 is 9.47 Å². The van der Waals surface area contributed by atoms with E-state index in [0.717, 1.165) is 54.2 Å². The van der Waals surface area contributed by atoms with Gasteiger partial charge in [0.25, 0.3) is 11.1 Å². The first-order valence-corrected chi connectivity index (χ1v) is 11.0. The van der Waals surface area contributed by atoms with Crippen molar-refractivity contribution in [3.63, 3.8) is 0 Å². The van der Waals surface area contributed by atoms with Crippen molar-refractivity contribution in [1.82, 2.24) is 14.4 Å². The lowest BCUT2D eigenvalue weighted by Crippen LogP contribution is -2.39. The van der Waals surface area contributed by atoms with E-state index >= 15 is 0 Å². The highest BCUT2D eigenvalue weighted by Gasteiger charge is 2.34. The minimum absolute atomic E-state index is 0.112. The van der Waals surface area contributed by atoms with Gasteiger partial charge in [-0.25, -0.2) is 0 Å². The number of aromatic nitrogens is 1. The Balaban J connectivity index is 1.62. The summed E-state index contributed by atoms with van der Waals surface area (Å²) in [6.07, 6.45) is 7.28. The highest BCUT2D eigenvalue weighted by molar-refractivity contribution is 8.18. The van der Waals surface area contributed by atoms with Crippen molar-refractivity contribution in [3.05, 3.63) is 53.6 Å². The maximum atomic E-state index is 12.9. The van der Waals surface area contributed by atoms with Crippen LogP contribution in [-0.2, 0) is 16.1 Å². The van der Waals surface area contributed by atoms with Crippen molar-refractivity contribution in [2.45, 2.75) is 26.3 Å². The smallest absolute Gasteiger partial charge is 0.293 e. The molecule has 1 aromatic carbocycles. The molecule has 3 heterocycles. The predicted octanol–water partition coefficient (Wildman–Crippen LogP) is 4.12. The minimum atomic E-state index is -0.305. The summed E-state index contributed by atoms with van der Waals surface area (Å²) in [5, 5.41) is 0.664. The highest BCUT2D eigenvalue weighted by atomic mass is 32.2. The summed E-state index contributed by atoms with van der Waals surface area (Å²) in [4.78, 5) is 41.0. The number of amides is 3. The van der Waals surface area contributed by atoms with E-state index in [1.54, 1.807) is 6.08 Å². The number of fused-ring (bicyclic) bond motifs is 1. The zero-order chi connectivity index (χ0) is 21.3. The molecule has 2 aromatic rings. The average molecular weight is 424 g/mol. The first kappa shape index (κ1) is 20.5. The van der Waals surface area contributed by atoms with Gasteiger partial charge in [0.05, 0.1) is 4.91 Å². The van der Waals surface area contributed by atoms with Gasteiger partial charge in [0.1, 0.15) is 6.54 Å². The summed E-state index contributed by atoms with van der Waals surface area (Å²) < 4.78 is 1.94. The summed E-state index contributed by atoms with van der Waals surface area (Å²) in [6, 6.07) is 7.81. The zero-order valence-corrected chi connectivity index (χ0v) is 17.9. The molecule has 1 aromatic heterocycles. The van der Waals surface area contributed by atoms with Gasteiger partial charge in [-0.15, -0.1) is 6.58 Å². The SMILES string of the molecule is C=CCN1C(=O)S/C(=C\c2cn(CC(=O)N3CCC(C)CC3)c3ccccc23)C1=O. The van der Waals surface area contributed by atoms with Gasteiger partial charge in [-0.05, 0) is 42.7 Å². The van der Waals surface area contributed by atoms with Crippen LogP contribution in [-0.4, -0.2) is 51.1 Å². The Kier molecular flexibility index (Phi) is 5.81. The second-order valence-corrected chi connectivity index (χ2v) is 8.87. The number of thioether (sulfide) groups is 1. The molecule has 4 rings (SSSR count).